The smallest absolute Gasteiger partial charge is 0.258 e. The number of methoxy groups -OCH3 is 1. The molecule has 3 aromatic carbocycles. The number of amides is 1. The monoisotopic (exact) mass is 404 g/mol. The van der Waals surface area contributed by atoms with Crippen LogP contribution in [0, 0.1) is 0 Å². The van der Waals surface area contributed by atoms with Gasteiger partial charge in [0.2, 0.25) is 0 Å². The van der Waals surface area contributed by atoms with Crippen molar-refractivity contribution in [2.45, 2.75) is 32.5 Å². The van der Waals surface area contributed by atoms with Crippen LogP contribution >= 0.6 is 0 Å². The lowest BCUT2D eigenvalue weighted by Crippen LogP contribution is -2.47. The fourth-order valence-corrected chi connectivity index (χ4v) is 4.05. The Hall–Kier alpha value is -3.05. The molecular weight excluding hydrogens is 376 g/mol. The van der Waals surface area contributed by atoms with Crippen molar-refractivity contribution in [2.75, 3.05) is 25.6 Å². The van der Waals surface area contributed by atoms with Crippen LogP contribution in [0.3, 0.4) is 0 Å². The van der Waals surface area contributed by atoms with Crippen molar-refractivity contribution in [1.82, 2.24) is 4.90 Å². The minimum Gasteiger partial charge on any atom is -0.491 e. The average molecular weight is 405 g/mol. The Morgan fingerprint density at radius 2 is 1.80 bits per heavy atom. The summed E-state index contributed by atoms with van der Waals surface area (Å²) in [7, 11) is 1.66. The van der Waals surface area contributed by atoms with Crippen molar-refractivity contribution >= 4 is 22.4 Å². The summed E-state index contributed by atoms with van der Waals surface area (Å²) in [5.74, 6) is 0.809. The highest BCUT2D eigenvalue weighted by molar-refractivity contribution is 6.02. The van der Waals surface area contributed by atoms with Crippen molar-refractivity contribution < 1.29 is 14.3 Å². The molecule has 0 bridgehead atoms. The molecule has 30 heavy (non-hydrogen) atoms. The first kappa shape index (κ1) is 20.2. The zero-order valence-corrected chi connectivity index (χ0v) is 17.7. The standard InChI is InChI=1S/C25H28N2O3/c1-4-17(2)27-24(26-21-12-8-7-11-20(21)25(27)28)23-19-10-6-5-9-18(19)13-14-22(23)30-16-15-29-3/h5-14,17,24,26H,4,15-16H2,1-3H3. The summed E-state index contributed by atoms with van der Waals surface area (Å²) >= 11 is 0. The lowest BCUT2D eigenvalue weighted by atomic mass is 9.96. The van der Waals surface area contributed by atoms with Gasteiger partial charge in [-0.25, -0.2) is 0 Å². The predicted molar refractivity (Wildman–Crippen MR) is 120 cm³/mol. The summed E-state index contributed by atoms with van der Waals surface area (Å²) in [4.78, 5) is 15.5. The minimum atomic E-state index is -0.328. The molecule has 0 saturated carbocycles. The number of benzene rings is 3. The third kappa shape index (κ3) is 3.61. The van der Waals surface area contributed by atoms with Gasteiger partial charge in [-0.3, -0.25) is 4.79 Å². The number of ether oxygens (including phenoxy) is 2. The van der Waals surface area contributed by atoms with E-state index in [1.54, 1.807) is 7.11 Å². The predicted octanol–water partition coefficient (Wildman–Crippen LogP) is 5.23. The summed E-state index contributed by atoms with van der Waals surface area (Å²) in [5, 5.41) is 5.81. The number of carbonyl (C=O) groups excluding carboxylic acids is 1. The summed E-state index contributed by atoms with van der Waals surface area (Å²) in [5.41, 5.74) is 2.53. The summed E-state index contributed by atoms with van der Waals surface area (Å²) in [6.07, 6.45) is 0.530. The average Bonchev–Trinajstić information content (AvgIpc) is 2.78. The van der Waals surface area contributed by atoms with Gasteiger partial charge < -0.3 is 19.7 Å². The van der Waals surface area contributed by atoms with Crippen molar-refractivity contribution in [3.05, 3.63) is 71.8 Å². The molecule has 0 saturated heterocycles. The van der Waals surface area contributed by atoms with Crippen LogP contribution in [0.2, 0.25) is 0 Å². The van der Waals surface area contributed by atoms with Gasteiger partial charge in [0, 0.05) is 24.4 Å². The molecule has 1 heterocycles. The van der Waals surface area contributed by atoms with Gasteiger partial charge in [0.25, 0.3) is 5.91 Å². The molecule has 2 unspecified atom stereocenters. The number of rotatable bonds is 7. The SMILES string of the molecule is CCC(C)N1C(=O)c2ccccc2NC1c1c(OCCOC)ccc2ccccc12. The number of nitrogens with one attached hydrogen (secondary N) is 1. The highest BCUT2D eigenvalue weighted by Crippen LogP contribution is 2.41. The second kappa shape index (κ2) is 8.76. The van der Waals surface area contributed by atoms with Gasteiger partial charge in [-0.05, 0) is 42.3 Å². The zero-order valence-electron chi connectivity index (χ0n) is 17.7. The van der Waals surface area contributed by atoms with E-state index in [2.05, 4.69) is 37.4 Å². The Morgan fingerprint density at radius 1 is 1.03 bits per heavy atom. The lowest BCUT2D eigenvalue weighted by molar-refractivity contribution is 0.0590. The number of fused-ring (bicyclic) bond motifs is 2. The largest absolute Gasteiger partial charge is 0.491 e. The second-order valence-electron chi connectivity index (χ2n) is 7.60. The molecule has 5 nitrogen and oxygen atoms in total. The van der Waals surface area contributed by atoms with Gasteiger partial charge in [-0.1, -0.05) is 49.4 Å². The van der Waals surface area contributed by atoms with Crippen molar-refractivity contribution in [3.8, 4) is 5.75 Å². The van der Waals surface area contributed by atoms with Crippen molar-refractivity contribution in [3.63, 3.8) is 0 Å². The molecule has 1 amide bonds. The first-order chi connectivity index (χ1) is 14.7. The molecule has 2 atom stereocenters. The molecule has 1 aliphatic heterocycles. The summed E-state index contributed by atoms with van der Waals surface area (Å²) in [6, 6.07) is 20.1. The molecule has 0 fully saturated rings. The molecular formula is C25H28N2O3. The van der Waals surface area contributed by atoms with Crippen molar-refractivity contribution in [2.24, 2.45) is 0 Å². The molecule has 4 rings (SSSR count). The van der Waals surface area contributed by atoms with Gasteiger partial charge in [0.05, 0.1) is 12.2 Å². The molecule has 5 heteroatoms. The quantitative estimate of drug-likeness (QED) is 0.548. The van der Waals surface area contributed by atoms with Crippen LogP contribution in [-0.2, 0) is 4.74 Å². The topological polar surface area (TPSA) is 50.8 Å². The van der Waals surface area contributed by atoms with Gasteiger partial charge in [0.15, 0.2) is 0 Å². The van der Waals surface area contributed by atoms with E-state index in [1.165, 1.54) is 0 Å². The number of para-hydroxylation sites is 1. The third-order valence-corrected chi connectivity index (χ3v) is 5.78. The van der Waals surface area contributed by atoms with E-state index in [1.807, 2.05) is 47.4 Å². The maximum absolute atomic E-state index is 13.5. The van der Waals surface area contributed by atoms with Crippen LogP contribution in [-0.4, -0.2) is 37.2 Å². The second-order valence-corrected chi connectivity index (χ2v) is 7.60. The molecule has 0 aliphatic carbocycles. The molecule has 0 aromatic heterocycles. The zero-order chi connectivity index (χ0) is 21.1. The lowest BCUT2D eigenvalue weighted by Gasteiger charge is -2.42. The van der Waals surface area contributed by atoms with E-state index in [0.717, 1.165) is 34.2 Å². The normalized spacial score (nSPS) is 16.8. The van der Waals surface area contributed by atoms with Crippen LogP contribution in [0.1, 0.15) is 42.4 Å². The molecule has 0 radical (unpaired) electrons. The van der Waals surface area contributed by atoms with E-state index < -0.39 is 0 Å². The molecule has 3 aromatic rings. The fraction of sp³-hybridized carbons (Fsp3) is 0.320. The fourth-order valence-electron chi connectivity index (χ4n) is 4.05. The van der Waals surface area contributed by atoms with Gasteiger partial charge in [-0.15, -0.1) is 0 Å². The van der Waals surface area contributed by atoms with E-state index in [9.17, 15) is 4.79 Å². The Morgan fingerprint density at radius 3 is 2.60 bits per heavy atom. The number of hydrogen-bond donors (Lipinski definition) is 1. The van der Waals surface area contributed by atoms with Crippen molar-refractivity contribution in [1.29, 1.82) is 0 Å². The maximum atomic E-state index is 13.5. The third-order valence-electron chi connectivity index (χ3n) is 5.78. The van der Waals surface area contributed by atoms with Gasteiger partial charge in [0.1, 0.15) is 18.5 Å². The van der Waals surface area contributed by atoms with Crippen LogP contribution in [0.15, 0.2) is 60.7 Å². The van der Waals surface area contributed by atoms with Crippen LogP contribution in [0.5, 0.6) is 5.75 Å². The highest BCUT2D eigenvalue weighted by Gasteiger charge is 2.37. The van der Waals surface area contributed by atoms with E-state index in [-0.39, 0.29) is 18.1 Å². The Balaban J connectivity index is 1.89. The Labute approximate surface area is 177 Å². The van der Waals surface area contributed by atoms with Gasteiger partial charge >= 0.3 is 0 Å². The highest BCUT2D eigenvalue weighted by atomic mass is 16.5. The molecule has 1 N–H and O–H groups in total. The molecule has 156 valence electrons. The van der Waals surface area contributed by atoms with E-state index in [0.29, 0.717) is 18.8 Å². The van der Waals surface area contributed by atoms with E-state index >= 15 is 0 Å². The minimum absolute atomic E-state index is 0.0412. The molecule has 1 aliphatic rings. The first-order valence-corrected chi connectivity index (χ1v) is 10.5. The maximum Gasteiger partial charge on any atom is 0.258 e. The summed E-state index contributed by atoms with van der Waals surface area (Å²) in [6.45, 7) is 5.15. The summed E-state index contributed by atoms with van der Waals surface area (Å²) < 4.78 is 11.3. The number of nitrogens with zero attached hydrogens (tertiary/aromatic N) is 1. The first-order valence-electron chi connectivity index (χ1n) is 10.5. The van der Waals surface area contributed by atoms with Crippen LogP contribution in [0.25, 0.3) is 10.8 Å². The molecule has 0 spiro atoms. The Kier molecular flexibility index (Phi) is 5.91. The van der Waals surface area contributed by atoms with Crippen LogP contribution in [0.4, 0.5) is 5.69 Å². The Bertz CT molecular complexity index is 1050. The number of hydrogen-bond acceptors (Lipinski definition) is 4. The van der Waals surface area contributed by atoms with Gasteiger partial charge in [-0.2, -0.15) is 0 Å². The van der Waals surface area contributed by atoms with Crippen LogP contribution < -0.4 is 10.1 Å². The van der Waals surface area contributed by atoms with E-state index in [4.69, 9.17) is 9.47 Å². The number of carbonyl (C=O) groups is 1. The number of anilines is 1.